The Labute approximate surface area is 86.0 Å². The smallest absolute Gasteiger partial charge is 0.0175 e. The van der Waals surface area contributed by atoms with Gasteiger partial charge in [-0.15, -0.1) is 0 Å². The van der Waals surface area contributed by atoms with E-state index in [4.69, 9.17) is 0 Å². The molecule has 4 atom stereocenters. The summed E-state index contributed by atoms with van der Waals surface area (Å²) in [6.45, 7) is 7.16. The lowest BCUT2D eigenvalue weighted by Gasteiger charge is -2.32. The Balaban J connectivity index is 2.07. The molecule has 2 heteroatoms. The third kappa shape index (κ3) is 1.75. The number of hydrogen-bond donors (Lipinski definition) is 1. The average molecular weight is 199 g/mol. The van der Waals surface area contributed by atoms with E-state index in [0.29, 0.717) is 4.75 Å². The van der Waals surface area contributed by atoms with Gasteiger partial charge in [0.2, 0.25) is 0 Å². The monoisotopic (exact) mass is 199 g/mol. The molecule has 2 fully saturated rings. The molecule has 0 bridgehead atoms. The molecule has 0 radical (unpaired) electrons. The summed E-state index contributed by atoms with van der Waals surface area (Å²) in [5, 5.41) is 3.66. The molecule has 2 heterocycles. The first-order valence-electron chi connectivity index (χ1n) is 5.52. The van der Waals surface area contributed by atoms with Crippen molar-refractivity contribution in [3.63, 3.8) is 0 Å². The summed E-state index contributed by atoms with van der Waals surface area (Å²) in [6.07, 6.45) is 4.24. The fourth-order valence-electron chi connectivity index (χ4n) is 3.09. The van der Waals surface area contributed by atoms with Gasteiger partial charge in [0.1, 0.15) is 0 Å². The Hall–Kier alpha value is 0.310. The van der Waals surface area contributed by atoms with Crippen LogP contribution in [0.15, 0.2) is 0 Å². The van der Waals surface area contributed by atoms with Gasteiger partial charge in [0.05, 0.1) is 0 Å². The van der Waals surface area contributed by atoms with E-state index in [1.807, 2.05) is 0 Å². The van der Waals surface area contributed by atoms with Gasteiger partial charge >= 0.3 is 0 Å². The maximum Gasteiger partial charge on any atom is 0.0175 e. The highest BCUT2D eigenvalue weighted by molar-refractivity contribution is 8.00. The molecule has 0 aromatic heterocycles. The van der Waals surface area contributed by atoms with Gasteiger partial charge in [-0.1, -0.05) is 6.92 Å². The third-order valence-electron chi connectivity index (χ3n) is 3.79. The van der Waals surface area contributed by atoms with Gasteiger partial charge in [0, 0.05) is 16.8 Å². The van der Waals surface area contributed by atoms with Crippen LogP contribution in [0.3, 0.4) is 0 Å². The summed E-state index contributed by atoms with van der Waals surface area (Å²) < 4.78 is 0.581. The van der Waals surface area contributed by atoms with E-state index in [1.165, 1.54) is 25.0 Å². The van der Waals surface area contributed by atoms with Crippen LogP contribution in [-0.4, -0.2) is 22.6 Å². The zero-order valence-corrected chi connectivity index (χ0v) is 9.79. The number of thioether (sulfide) groups is 1. The molecule has 0 amide bonds. The van der Waals surface area contributed by atoms with E-state index in [-0.39, 0.29) is 0 Å². The van der Waals surface area contributed by atoms with E-state index >= 15 is 0 Å². The van der Waals surface area contributed by atoms with Crippen LogP contribution in [0.25, 0.3) is 0 Å². The lowest BCUT2D eigenvalue weighted by atomic mass is 9.84. The van der Waals surface area contributed by atoms with E-state index in [0.717, 1.165) is 18.0 Å². The molecule has 76 valence electrons. The molecule has 13 heavy (non-hydrogen) atoms. The molecular weight excluding hydrogens is 178 g/mol. The topological polar surface area (TPSA) is 12.0 Å². The molecule has 2 saturated heterocycles. The van der Waals surface area contributed by atoms with E-state index in [9.17, 15) is 0 Å². The number of rotatable bonds is 1. The summed E-state index contributed by atoms with van der Waals surface area (Å²) in [7, 11) is 0. The zero-order valence-electron chi connectivity index (χ0n) is 8.97. The van der Waals surface area contributed by atoms with Crippen molar-refractivity contribution >= 4 is 11.8 Å². The van der Waals surface area contributed by atoms with Crippen LogP contribution in [0.5, 0.6) is 0 Å². The number of nitrogens with one attached hydrogen (secondary N) is 1. The van der Waals surface area contributed by atoms with Crippen LogP contribution in [0.1, 0.15) is 40.0 Å². The summed E-state index contributed by atoms with van der Waals surface area (Å²) in [4.78, 5) is 0. The maximum absolute atomic E-state index is 3.66. The van der Waals surface area contributed by atoms with Crippen LogP contribution in [-0.2, 0) is 0 Å². The van der Waals surface area contributed by atoms with Crippen molar-refractivity contribution in [2.75, 3.05) is 5.75 Å². The van der Waals surface area contributed by atoms with Crippen LogP contribution < -0.4 is 5.32 Å². The van der Waals surface area contributed by atoms with Crippen molar-refractivity contribution in [1.29, 1.82) is 0 Å². The lowest BCUT2D eigenvalue weighted by Crippen LogP contribution is -2.36. The van der Waals surface area contributed by atoms with E-state index in [1.54, 1.807) is 0 Å². The molecule has 0 aromatic rings. The second-order valence-electron chi connectivity index (χ2n) is 4.96. The Kier molecular flexibility index (Phi) is 2.63. The quantitative estimate of drug-likeness (QED) is 0.697. The van der Waals surface area contributed by atoms with Gasteiger partial charge in [-0.25, -0.2) is 0 Å². The first kappa shape index (κ1) is 9.85. The molecule has 0 aliphatic carbocycles. The summed E-state index contributed by atoms with van der Waals surface area (Å²) in [5.74, 6) is 2.28. The first-order valence-corrected chi connectivity index (χ1v) is 6.50. The molecule has 2 rings (SSSR count). The van der Waals surface area contributed by atoms with Gasteiger partial charge in [-0.2, -0.15) is 11.8 Å². The van der Waals surface area contributed by atoms with Crippen LogP contribution in [0.2, 0.25) is 0 Å². The van der Waals surface area contributed by atoms with E-state index in [2.05, 4.69) is 37.8 Å². The molecule has 2 aliphatic heterocycles. The standard InChI is InChI=1S/C11H21NS/c1-8-7-10(9(2)12-8)11(3)5-4-6-13-11/h8-10,12H,4-7H2,1-3H3. The maximum atomic E-state index is 3.66. The van der Waals surface area contributed by atoms with Gasteiger partial charge in [0.15, 0.2) is 0 Å². The van der Waals surface area contributed by atoms with Crippen LogP contribution >= 0.6 is 11.8 Å². The fourth-order valence-corrected chi connectivity index (χ4v) is 4.65. The molecule has 1 N–H and O–H groups in total. The molecule has 2 aliphatic rings. The minimum absolute atomic E-state index is 0.581. The van der Waals surface area contributed by atoms with Gasteiger partial charge in [0.25, 0.3) is 0 Å². The lowest BCUT2D eigenvalue weighted by molar-refractivity contribution is 0.361. The van der Waals surface area contributed by atoms with Crippen LogP contribution in [0, 0.1) is 5.92 Å². The second kappa shape index (κ2) is 3.47. The first-order chi connectivity index (χ1) is 6.12. The largest absolute Gasteiger partial charge is 0.311 e. The van der Waals surface area contributed by atoms with Crippen molar-refractivity contribution in [1.82, 2.24) is 5.32 Å². The minimum atomic E-state index is 0.581. The molecule has 0 aromatic carbocycles. The average Bonchev–Trinajstić information content (AvgIpc) is 2.59. The highest BCUT2D eigenvalue weighted by Gasteiger charge is 2.44. The summed E-state index contributed by atoms with van der Waals surface area (Å²) >= 11 is 2.21. The van der Waals surface area contributed by atoms with Crippen molar-refractivity contribution in [3.8, 4) is 0 Å². The fraction of sp³-hybridized carbons (Fsp3) is 1.00. The molecule has 0 saturated carbocycles. The SMILES string of the molecule is CC1CC(C2(C)CCCS2)C(C)N1. The van der Waals surface area contributed by atoms with Gasteiger partial charge in [-0.3, -0.25) is 0 Å². The van der Waals surface area contributed by atoms with Crippen LogP contribution in [0.4, 0.5) is 0 Å². The Bertz CT molecular complexity index is 187. The summed E-state index contributed by atoms with van der Waals surface area (Å²) in [6, 6.07) is 1.46. The minimum Gasteiger partial charge on any atom is -0.311 e. The highest BCUT2D eigenvalue weighted by Crippen LogP contribution is 2.47. The van der Waals surface area contributed by atoms with Crippen molar-refractivity contribution in [3.05, 3.63) is 0 Å². The van der Waals surface area contributed by atoms with Gasteiger partial charge < -0.3 is 5.32 Å². The molecule has 4 unspecified atom stereocenters. The predicted molar refractivity (Wildman–Crippen MR) is 60.3 cm³/mol. The predicted octanol–water partition coefficient (Wildman–Crippen LogP) is 2.66. The number of hydrogen-bond acceptors (Lipinski definition) is 2. The second-order valence-corrected chi connectivity index (χ2v) is 6.59. The molecular formula is C11H21NS. The molecule has 1 nitrogen and oxygen atoms in total. The molecule has 0 spiro atoms. The van der Waals surface area contributed by atoms with Crippen molar-refractivity contribution in [2.45, 2.75) is 56.9 Å². The van der Waals surface area contributed by atoms with Crippen molar-refractivity contribution < 1.29 is 0 Å². The summed E-state index contributed by atoms with van der Waals surface area (Å²) in [5.41, 5.74) is 0. The Morgan fingerprint density at radius 2 is 2.15 bits per heavy atom. The van der Waals surface area contributed by atoms with Gasteiger partial charge in [-0.05, 0) is 44.8 Å². The highest BCUT2D eigenvalue weighted by atomic mass is 32.2. The Morgan fingerprint density at radius 1 is 1.38 bits per heavy atom. The van der Waals surface area contributed by atoms with Crippen molar-refractivity contribution in [2.24, 2.45) is 5.92 Å². The third-order valence-corrected chi connectivity index (χ3v) is 5.45. The Morgan fingerprint density at radius 3 is 2.62 bits per heavy atom. The van der Waals surface area contributed by atoms with E-state index < -0.39 is 0 Å². The normalized spacial score (nSPS) is 51.5. The zero-order chi connectivity index (χ0) is 9.47.